The quantitative estimate of drug-likeness (QED) is 0.361. The number of Topliss-reactive ketones (excluding diaryl/α,β-unsaturated/α-hetero) is 2. The van der Waals surface area contributed by atoms with Crippen LogP contribution in [0.5, 0.6) is 0 Å². The molecule has 2 fully saturated rings. The van der Waals surface area contributed by atoms with Gasteiger partial charge in [-0.25, -0.2) is 4.90 Å². The molecule has 6 nitrogen and oxygen atoms in total. The average molecular weight is 506 g/mol. The molecule has 8 heteroatoms. The largest absolute Gasteiger partial charge is 0.349 e. The SMILES string of the molecule is Cc1c(Cl)cccc1N1C(=O)[C@H]2[C@@H](C1=O)C1(O[C@H]2c2ccc(Cl)cc2)C(=O)c2ccccc2C1=O. The number of amides is 2. The average Bonchev–Trinajstić information content (AvgIpc) is 3.42. The molecule has 3 aliphatic rings. The number of carbonyl (C=O) groups is 4. The van der Waals surface area contributed by atoms with Crippen molar-refractivity contribution in [3.05, 3.63) is 99.0 Å². The molecule has 2 saturated heterocycles. The van der Waals surface area contributed by atoms with Crippen LogP contribution in [0.4, 0.5) is 5.69 Å². The molecule has 6 rings (SSSR count). The predicted molar refractivity (Wildman–Crippen MR) is 129 cm³/mol. The van der Waals surface area contributed by atoms with Crippen molar-refractivity contribution >= 4 is 52.3 Å². The first-order chi connectivity index (χ1) is 16.8. The topological polar surface area (TPSA) is 80.8 Å². The maximum atomic E-state index is 14.0. The summed E-state index contributed by atoms with van der Waals surface area (Å²) < 4.78 is 6.25. The fourth-order valence-electron chi connectivity index (χ4n) is 5.55. The van der Waals surface area contributed by atoms with Crippen molar-refractivity contribution in [1.82, 2.24) is 0 Å². The molecule has 0 aromatic heterocycles. The number of imide groups is 1. The van der Waals surface area contributed by atoms with Gasteiger partial charge >= 0.3 is 0 Å². The normalized spacial score (nSPS) is 24.4. The highest BCUT2D eigenvalue weighted by Gasteiger charge is 2.74. The standard InChI is InChI=1S/C27H17Cl2NO5/c1-13-18(29)7-4-8-19(13)30-25(33)20-21(26(30)34)27(35-22(20)14-9-11-15(28)12-10-14)23(31)16-5-2-3-6-17(16)24(27)32/h2-12,20-22H,1H3/t20-,21-,22-/m0/s1. The number of benzene rings is 3. The van der Waals surface area contributed by atoms with Gasteiger partial charge in [0.25, 0.3) is 0 Å². The first kappa shape index (κ1) is 22.2. The van der Waals surface area contributed by atoms with Gasteiger partial charge in [0.2, 0.25) is 29.0 Å². The summed E-state index contributed by atoms with van der Waals surface area (Å²) in [4.78, 5) is 56.4. The summed E-state index contributed by atoms with van der Waals surface area (Å²) in [7, 11) is 0. The van der Waals surface area contributed by atoms with E-state index in [0.29, 0.717) is 26.9 Å². The molecule has 0 N–H and O–H groups in total. The minimum absolute atomic E-state index is 0.186. The van der Waals surface area contributed by atoms with Gasteiger partial charge < -0.3 is 4.74 Å². The van der Waals surface area contributed by atoms with Crippen LogP contribution in [0.15, 0.2) is 66.7 Å². The van der Waals surface area contributed by atoms with Gasteiger partial charge in [-0.3, -0.25) is 19.2 Å². The lowest BCUT2D eigenvalue weighted by molar-refractivity contribution is -0.127. The van der Waals surface area contributed by atoms with Gasteiger partial charge in [0.1, 0.15) is 0 Å². The Morgan fingerprint density at radius 2 is 1.43 bits per heavy atom. The van der Waals surface area contributed by atoms with Crippen LogP contribution in [-0.4, -0.2) is 29.0 Å². The van der Waals surface area contributed by atoms with Crippen molar-refractivity contribution in [3.63, 3.8) is 0 Å². The summed E-state index contributed by atoms with van der Waals surface area (Å²) >= 11 is 12.3. The molecule has 3 aromatic rings. The molecule has 2 heterocycles. The highest BCUT2D eigenvalue weighted by molar-refractivity contribution is 6.37. The van der Waals surface area contributed by atoms with Gasteiger partial charge in [-0.05, 0) is 42.3 Å². The number of fused-ring (bicyclic) bond motifs is 3. The zero-order valence-corrected chi connectivity index (χ0v) is 19.8. The summed E-state index contributed by atoms with van der Waals surface area (Å²) in [5.41, 5.74) is -0.337. The summed E-state index contributed by atoms with van der Waals surface area (Å²) in [6.45, 7) is 1.71. The van der Waals surface area contributed by atoms with Crippen molar-refractivity contribution in [2.75, 3.05) is 4.90 Å². The molecule has 0 saturated carbocycles. The number of rotatable bonds is 2. The third-order valence-corrected chi connectivity index (χ3v) is 7.86. The smallest absolute Gasteiger partial charge is 0.241 e. The van der Waals surface area contributed by atoms with Crippen molar-refractivity contribution in [2.24, 2.45) is 11.8 Å². The van der Waals surface area contributed by atoms with E-state index in [0.717, 1.165) is 4.90 Å². The molecule has 0 radical (unpaired) electrons. The Balaban J connectivity index is 1.56. The first-order valence-electron chi connectivity index (χ1n) is 11.0. The maximum absolute atomic E-state index is 14.0. The van der Waals surface area contributed by atoms with E-state index in [1.807, 2.05) is 0 Å². The Morgan fingerprint density at radius 1 is 0.800 bits per heavy atom. The van der Waals surface area contributed by atoms with Gasteiger partial charge in [-0.2, -0.15) is 0 Å². The fraction of sp³-hybridized carbons (Fsp3) is 0.185. The van der Waals surface area contributed by atoms with Gasteiger partial charge in [0, 0.05) is 21.2 Å². The maximum Gasteiger partial charge on any atom is 0.241 e. The molecule has 0 bridgehead atoms. The molecule has 1 aliphatic carbocycles. The number of hydrogen-bond acceptors (Lipinski definition) is 5. The molecular weight excluding hydrogens is 489 g/mol. The number of anilines is 1. The highest BCUT2D eigenvalue weighted by Crippen LogP contribution is 2.58. The minimum atomic E-state index is -2.12. The lowest BCUT2D eigenvalue weighted by Crippen LogP contribution is -2.51. The molecule has 2 aliphatic heterocycles. The Morgan fingerprint density at radius 3 is 2.06 bits per heavy atom. The van der Waals surface area contributed by atoms with Crippen molar-refractivity contribution in [1.29, 1.82) is 0 Å². The number of nitrogens with zero attached hydrogens (tertiary/aromatic N) is 1. The minimum Gasteiger partial charge on any atom is -0.349 e. The number of carbonyl (C=O) groups excluding carboxylic acids is 4. The Bertz CT molecular complexity index is 1430. The van der Waals surface area contributed by atoms with Gasteiger partial charge in [-0.1, -0.05) is 65.7 Å². The Kier molecular flexibility index (Phi) is 4.81. The highest BCUT2D eigenvalue weighted by atomic mass is 35.5. The van der Waals surface area contributed by atoms with E-state index in [2.05, 4.69) is 0 Å². The number of ketones is 2. The van der Waals surface area contributed by atoms with Crippen LogP contribution in [0.25, 0.3) is 0 Å². The lowest BCUT2D eigenvalue weighted by atomic mass is 9.77. The molecule has 3 atom stereocenters. The fourth-order valence-corrected chi connectivity index (χ4v) is 5.84. The molecular formula is C27H17Cl2NO5. The molecule has 3 aromatic carbocycles. The third kappa shape index (κ3) is 2.82. The van der Waals surface area contributed by atoms with Gasteiger partial charge in [0.05, 0.1) is 23.6 Å². The van der Waals surface area contributed by atoms with Gasteiger partial charge in [-0.15, -0.1) is 0 Å². The van der Waals surface area contributed by atoms with Crippen LogP contribution in [0.1, 0.15) is 37.9 Å². The van der Waals surface area contributed by atoms with Crippen LogP contribution >= 0.6 is 23.2 Å². The predicted octanol–water partition coefficient (Wildman–Crippen LogP) is 5.00. The van der Waals surface area contributed by atoms with Crippen LogP contribution < -0.4 is 4.90 Å². The number of hydrogen-bond donors (Lipinski definition) is 0. The van der Waals surface area contributed by atoms with E-state index in [-0.39, 0.29) is 11.1 Å². The molecule has 1 spiro atoms. The van der Waals surface area contributed by atoms with Crippen LogP contribution in [0.3, 0.4) is 0 Å². The van der Waals surface area contributed by atoms with Crippen LogP contribution in [-0.2, 0) is 14.3 Å². The molecule has 174 valence electrons. The second kappa shape index (κ2) is 7.59. The monoisotopic (exact) mass is 505 g/mol. The number of ether oxygens (including phenoxy) is 1. The second-order valence-corrected chi connectivity index (χ2v) is 9.77. The van der Waals surface area contributed by atoms with Crippen LogP contribution in [0, 0.1) is 18.8 Å². The summed E-state index contributed by atoms with van der Waals surface area (Å²) in [5, 5.41) is 0.865. The van der Waals surface area contributed by atoms with E-state index in [9.17, 15) is 19.2 Å². The van der Waals surface area contributed by atoms with E-state index in [4.69, 9.17) is 27.9 Å². The summed E-state index contributed by atoms with van der Waals surface area (Å²) in [6, 6.07) is 17.9. The van der Waals surface area contributed by atoms with E-state index in [1.165, 1.54) is 0 Å². The van der Waals surface area contributed by atoms with Crippen molar-refractivity contribution in [2.45, 2.75) is 18.6 Å². The Labute approximate surface area is 210 Å². The summed E-state index contributed by atoms with van der Waals surface area (Å²) in [6.07, 6.45) is -1.000. The number of halogens is 2. The van der Waals surface area contributed by atoms with Crippen molar-refractivity contribution in [3.8, 4) is 0 Å². The third-order valence-electron chi connectivity index (χ3n) is 7.20. The molecule has 0 unspecified atom stereocenters. The second-order valence-electron chi connectivity index (χ2n) is 8.93. The molecule has 35 heavy (non-hydrogen) atoms. The summed E-state index contributed by atoms with van der Waals surface area (Å²) in [5.74, 6) is -4.80. The zero-order chi connectivity index (χ0) is 24.6. The van der Waals surface area contributed by atoms with E-state index >= 15 is 0 Å². The van der Waals surface area contributed by atoms with E-state index < -0.39 is 46.9 Å². The zero-order valence-electron chi connectivity index (χ0n) is 18.3. The van der Waals surface area contributed by atoms with E-state index in [1.54, 1.807) is 73.7 Å². The Hall–Kier alpha value is -3.32. The lowest BCUT2D eigenvalue weighted by Gasteiger charge is -2.27. The van der Waals surface area contributed by atoms with Crippen LogP contribution in [0.2, 0.25) is 10.0 Å². The van der Waals surface area contributed by atoms with Crippen molar-refractivity contribution < 1.29 is 23.9 Å². The van der Waals surface area contributed by atoms with Gasteiger partial charge in [0.15, 0.2) is 0 Å². The molecule has 2 amide bonds. The first-order valence-corrected chi connectivity index (χ1v) is 11.8.